The summed E-state index contributed by atoms with van der Waals surface area (Å²) in [6.07, 6.45) is 12.5. The van der Waals surface area contributed by atoms with Gasteiger partial charge in [0.15, 0.2) is 0 Å². The van der Waals surface area contributed by atoms with Gasteiger partial charge < -0.3 is 34.9 Å². The quantitative estimate of drug-likeness (QED) is 0.0877. The third-order valence-electron chi connectivity index (χ3n) is 7.94. The van der Waals surface area contributed by atoms with Gasteiger partial charge in [0.05, 0.1) is 36.6 Å². The van der Waals surface area contributed by atoms with E-state index < -0.39 is 6.10 Å². The molecule has 2 heterocycles. The van der Waals surface area contributed by atoms with Crippen molar-refractivity contribution < 1.29 is 33.3 Å². The molecule has 2 fully saturated rings. The maximum absolute atomic E-state index is 12.3. The SMILES string of the molecule is CC.CC(=O)Nc1ccc(S)cc1.CNC.COC1(C)CCOC(/C=C/C(C)=C/CC2OC(C)C(NC(=O)/C=C\C(C)OC(C)=O)CC2C)C1. The van der Waals surface area contributed by atoms with E-state index in [9.17, 15) is 14.4 Å². The van der Waals surface area contributed by atoms with Crippen LogP contribution in [0.15, 0.2) is 65.1 Å². The van der Waals surface area contributed by atoms with E-state index >= 15 is 0 Å². The summed E-state index contributed by atoms with van der Waals surface area (Å²) in [6, 6.07) is 7.21. The zero-order chi connectivity index (χ0) is 38.3. The number of esters is 1. The Bertz CT molecular complexity index is 1220. The number of methoxy groups -OCH3 is 1. The Hall–Kier alpha value is -2.96. The lowest BCUT2D eigenvalue weighted by atomic mass is 9.88. The van der Waals surface area contributed by atoms with Gasteiger partial charge in [-0.3, -0.25) is 14.4 Å². The lowest BCUT2D eigenvalue weighted by Crippen LogP contribution is -2.50. The van der Waals surface area contributed by atoms with Crippen LogP contribution in [0, 0.1) is 5.92 Å². The van der Waals surface area contributed by atoms with Crippen LogP contribution in [0.1, 0.15) is 88.0 Å². The summed E-state index contributed by atoms with van der Waals surface area (Å²) in [6.45, 7) is 17.6. The number of thiol groups is 1. The largest absolute Gasteiger partial charge is 0.459 e. The van der Waals surface area contributed by atoms with Crippen molar-refractivity contribution in [1.82, 2.24) is 10.6 Å². The lowest BCUT2D eigenvalue weighted by molar-refractivity contribution is -0.143. The molecule has 3 rings (SSSR count). The van der Waals surface area contributed by atoms with Crippen LogP contribution < -0.4 is 16.0 Å². The van der Waals surface area contributed by atoms with Crippen molar-refractivity contribution in [1.29, 1.82) is 0 Å². The number of hydrogen-bond donors (Lipinski definition) is 4. The Labute approximate surface area is 307 Å². The van der Waals surface area contributed by atoms with Crippen LogP contribution in [-0.4, -0.2) is 81.7 Å². The van der Waals surface area contributed by atoms with Crippen molar-refractivity contribution >= 4 is 36.1 Å². The average Bonchev–Trinajstić information content (AvgIpc) is 3.06. The van der Waals surface area contributed by atoms with Gasteiger partial charge in [-0.15, -0.1) is 12.6 Å². The minimum absolute atomic E-state index is 0.0584. The number of nitrogens with one attached hydrogen (secondary N) is 3. The number of rotatable bonds is 10. The summed E-state index contributed by atoms with van der Waals surface area (Å²) in [5.41, 5.74) is 1.86. The van der Waals surface area contributed by atoms with E-state index in [1.807, 2.05) is 59.1 Å². The molecule has 1 aromatic rings. The number of carbonyl (C=O) groups excluding carboxylic acids is 3. The highest BCUT2D eigenvalue weighted by Gasteiger charge is 2.34. The minimum atomic E-state index is -0.440. The second kappa shape index (κ2) is 25.9. The Kier molecular flexibility index (Phi) is 24.4. The first kappa shape index (κ1) is 47.0. The molecule has 7 unspecified atom stereocenters. The molecule has 11 heteroatoms. The monoisotopic (exact) mass is 719 g/mol. The number of amides is 2. The predicted octanol–water partition coefficient (Wildman–Crippen LogP) is 7.06. The van der Waals surface area contributed by atoms with Crippen LogP contribution in [0.4, 0.5) is 5.69 Å². The molecule has 2 saturated heterocycles. The zero-order valence-corrected chi connectivity index (χ0v) is 33.4. The molecular weight excluding hydrogens is 655 g/mol. The van der Waals surface area contributed by atoms with Gasteiger partial charge in [-0.25, -0.2) is 0 Å². The van der Waals surface area contributed by atoms with E-state index in [0.29, 0.717) is 12.5 Å². The number of allylic oxidation sites excluding steroid dienone is 2. The van der Waals surface area contributed by atoms with E-state index in [2.05, 4.69) is 67.6 Å². The van der Waals surface area contributed by atoms with Crippen molar-refractivity contribution in [3.05, 3.63) is 60.2 Å². The average molecular weight is 720 g/mol. The number of carbonyl (C=O) groups is 3. The molecule has 0 aliphatic carbocycles. The summed E-state index contributed by atoms with van der Waals surface area (Å²) >= 11 is 4.11. The summed E-state index contributed by atoms with van der Waals surface area (Å²) < 4.78 is 22.8. The molecule has 3 N–H and O–H groups in total. The van der Waals surface area contributed by atoms with Gasteiger partial charge in [0.1, 0.15) is 6.10 Å². The van der Waals surface area contributed by atoms with E-state index in [-0.39, 0.29) is 47.7 Å². The van der Waals surface area contributed by atoms with Crippen LogP contribution in [-0.2, 0) is 33.3 Å². The Morgan fingerprint density at radius 3 is 2.26 bits per heavy atom. The van der Waals surface area contributed by atoms with Crippen LogP contribution >= 0.6 is 12.6 Å². The molecular formula is C39H65N3O7S. The molecule has 0 saturated carbocycles. The fourth-order valence-electron chi connectivity index (χ4n) is 5.17. The van der Waals surface area contributed by atoms with Gasteiger partial charge >= 0.3 is 5.97 Å². The molecule has 284 valence electrons. The van der Waals surface area contributed by atoms with E-state index in [1.165, 1.54) is 25.5 Å². The molecule has 1 aromatic carbocycles. The zero-order valence-electron chi connectivity index (χ0n) is 32.5. The summed E-state index contributed by atoms with van der Waals surface area (Å²) in [5, 5.41) is 8.43. The first-order valence-electron chi connectivity index (χ1n) is 17.6. The fourth-order valence-corrected chi connectivity index (χ4v) is 5.32. The van der Waals surface area contributed by atoms with Gasteiger partial charge in [-0.1, -0.05) is 44.6 Å². The highest BCUT2D eigenvalue weighted by atomic mass is 32.1. The van der Waals surface area contributed by atoms with Gasteiger partial charge in [0.2, 0.25) is 11.8 Å². The second-order valence-corrected chi connectivity index (χ2v) is 13.2. The van der Waals surface area contributed by atoms with Crippen LogP contribution in [0.3, 0.4) is 0 Å². The molecule has 0 radical (unpaired) electrons. The van der Waals surface area contributed by atoms with E-state index in [1.54, 1.807) is 20.1 Å². The molecule has 50 heavy (non-hydrogen) atoms. The molecule has 2 amide bonds. The van der Waals surface area contributed by atoms with Gasteiger partial charge in [0, 0.05) is 44.0 Å². The Balaban J connectivity index is 0.00000124. The lowest BCUT2D eigenvalue weighted by Gasteiger charge is -2.39. The third-order valence-corrected chi connectivity index (χ3v) is 8.23. The smallest absolute Gasteiger partial charge is 0.303 e. The summed E-state index contributed by atoms with van der Waals surface area (Å²) in [4.78, 5) is 34.7. The molecule has 10 nitrogen and oxygen atoms in total. The number of hydrogen-bond acceptors (Lipinski definition) is 9. The maximum atomic E-state index is 12.3. The van der Waals surface area contributed by atoms with Crippen molar-refractivity contribution in [2.24, 2.45) is 5.92 Å². The first-order valence-corrected chi connectivity index (χ1v) is 18.0. The highest BCUT2D eigenvalue weighted by molar-refractivity contribution is 7.80. The Morgan fingerprint density at radius 1 is 1.08 bits per heavy atom. The number of benzene rings is 1. The highest BCUT2D eigenvalue weighted by Crippen LogP contribution is 2.29. The molecule has 0 aromatic heterocycles. The van der Waals surface area contributed by atoms with E-state index in [0.717, 1.165) is 36.3 Å². The maximum Gasteiger partial charge on any atom is 0.303 e. The van der Waals surface area contributed by atoms with Gasteiger partial charge in [-0.05, 0) is 97.3 Å². The minimum Gasteiger partial charge on any atom is -0.459 e. The van der Waals surface area contributed by atoms with Crippen molar-refractivity contribution in [2.75, 3.05) is 33.1 Å². The molecule has 0 bridgehead atoms. The topological polar surface area (TPSA) is 124 Å². The van der Waals surface area contributed by atoms with Crippen molar-refractivity contribution in [3.63, 3.8) is 0 Å². The predicted molar refractivity (Wildman–Crippen MR) is 207 cm³/mol. The van der Waals surface area contributed by atoms with Crippen molar-refractivity contribution in [2.45, 2.75) is 129 Å². The molecule has 7 atom stereocenters. The normalized spacial score (nSPS) is 25.5. The Morgan fingerprint density at radius 2 is 1.70 bits per heavy atom. The van der Waals surface area contributed by atoms with Crippen LogP contribution in [0.5, 0.6) is 0 Å². The van der Waals surface area contributed by atoms with Crippen LogP contribution in [0.2, 0.25) is 0 Å². The third kappa shape index (κ3) is 20.7. The standard InChI is InChI=1S/C27H43NO6.C8H9NOS.C2H7N.C2H6/c1-18(8-11-23-17-27(6,31-7)14-15-32-23)9-12-25-19(2)16-24(21(4)34-25)28-26(30)13-10-20(3)33-22(5)29;1-6(10)9-7-2-4-8(11)5-3-7;1-3-2;1-2/h8-11,13,19-21,23-25H,12,14-17H2,1-7H3,(H,28,30);2-5,11H,1H3,(H,9,10);3H,1-2H3;1-2H3/b11-8+,13-10-,18-9+;;;. The number of ether oxygens (including phenoxy) is 4. The second-order valence-electron chi connectivity index (χ2n) is 12.7. The van der Waals surface area contributed by atoms with E-state index in [4.69, 9.17) is 18.9 Å². The molecule has 2 aliphatic heterocycles. The fraction of sp³-hybridized carbons (Fsp3) is 0.615. The molecule has 0 spiro atoms. The van der Waals surface area contributed by atoms with Gasteiger partial charge in [0.25, 0.3) is 0 Å². The summed E-state index contributed by atoms with van der Waals surface area (Å²) in [7, 11) is 5.52. The first-order chi connectivity index (χ1) is 23.6. The van der Waals surface area contributed by atoms with Crippen molar-refractivity contribution in [3.8, 4) is 0 Å². The summed E-state index contributed by atoms with van der Waals surface area (Å²) in [5.74, 6) is -0.331. The molecule has 2 aliphatic rings. The van der Waals surface area contributed by atoms with Crippen LogP contribution in [0.25, 0.3) is 0 Å². The number of anilines is 1. The van der Waals surface area contributed by atoms with Gasteiger partial charge in [-0.2, -0.15) is 0 Å².